The van der Waals surface area contributed by atoms with Crippen molar-refractivity contribution in [2.75, 3.05) is 25.1 Å². The van der Waals surface area contributed by atoms with Gasteiger partial charge in [0.1, 0.15) is 19.0 Å². The molecule has 0 aromatic heterocycles. The third kappa shape index (κ3) is 4.61. The molecule has 2 aromatic carbocycles. The lowest BCUT2D eigenvalue weighted by molar-refractivity contribution is 0.102. The Morgan fingerprint density at radius 3 is 2.50 bits per heavy atom. The number of carbonyl (C=O) groups excluding carboxylic acids is 1. The molecule has 1 aliphatic rings. The predicted molar refractivity (Wildman–Crippen MR) is 102 cm³/mol. The van der Waals surface area contributed by atoms with Gasteiger partial charge in [-0.3, -0.25) is 4.79 Å². The lowest BCUT2D eigenvalue weighted by atomic mass is 10.2. The maximum absolute atomic E-state index is 12.5. The van der Waals surface area contributed by atoms with Crippen molar-refractivity contribution in [3.63, 3.8) is 0 Å². The molecule has 26 heavy (non-hydrogen) atoms. The highest BCUT2D eigenvalue weighted by Gasteiger charge is 2.17. The smallest absolute Gasteiger partial charge is 0.255 e. The quantitative estimate of drug-likeness (QED) is 0.697. The van der Waals surface area contributed by atoms with Crippen molar-refractivity contribution in [1.82, 2.24) is 0 Å². The first-order chi connectivity index (χ1) is 12.7. The highest BCUT2D eigenvalue weighted by molar-refractivity contribution is 6.34. The van der Waals surface area contributed by atoms with Crippen LogP contribution in [0.5, 0.6) is 17.2 Å². The van der Waals surface area contributed by atoms with Crippen LogP contribution < -0.4 is 19.5 Å². The number of hydrogen-bond acceptors (Lipinski definition) is 4. The van der Waals surface area contributed by atoms with Crippen LogP contribution in [0.25, 0.3) is 0 Å². The average molecular weight is 376 g/mol. The van der Waals surface area contributed by atoms with E-state index in [-0.39, 0.29) is 5.91 Å². The Hall–Kier alpha value is -2.40. The Bertz CT molecular complexity index is 761. The molecule has 0 saturated carbocycles. The molecule has 0 atom stereocenters. The number of unbranched alkanes of at least 4 members (excludes halogenated alkanes) is 2. The molecule has 2 aromatic rings. The fourth-order valence-corrected chi connectivity index (χ4v) is 2.80. The van der Waals surface area contributed by atoms with Crippen molar-refractivity contribution in [1.29, 1.82) is 0 Å². The first kappa shape index (κ1) is 18.4. The monoisotopic (exact) mass is 375 g/mol. The van der Waals surface area contributed by atoms with E-state index in [1.54, 1.807) is 36.4 Å². The highest BCUT2D eigenvalue weighted by Crippen LogP contribution is 2.38. The average Bonchev–Trinajstić information content (AvgIpc) is 2.66. The minimum absolute atomic E-state index is 0.249. The van der Waals surface area contributed by atoms with Crippen LogP contribution in [0, 0.1) is 0 Å². The molecule has 1 amide bonds. The normalized spacial score (nSPS) is 12.5. The van der Waals surface area contributed by atoms with Crippen molar-refractivity contribution in [2.24, 2.45) is 0 Å². The maximum atomic E-state index is 12.5. The minimum atomic E-state index is -0.249. The van der Waals surface area contributed by atoms with E-state index in [4.69, 9.17) is 25.8 Å². The Morgan fingerprint density at radius 2 is 1.81 bits per heavy atom. The maximum Gasteiger partial charge on any atom is 0.255 e. The van der Waals surface area contributed by atoms with Crippen LogP contribution in [0.2, 0.25) is 5.02 Å². The molecule has 138 valence electrons. The Labute approximate surface area is 158 Å². The number of rotatable bonds is 7. The van der Waals surface area contributed by atoms with Gasteiger partial charge in [0.05, 0.1) is 17.3 Å². The Balaban J connectivity index is 1.63. The number of hydrogen-bond donors (Lipinski definition) is 1. The first-order valence-electron chi connectivity index (χ1n) is 8.80. The lowest BCUT2D eigenvalue weighted by Crippen LogP contribution is -2.17. The van der Waals surface area contributed by atoms with Gasteiger partial charge in [0, 0.05) is 17.7 Å². The van der Waals surface area contributed by atoms with Crippen LogP contribution in [0.1, 0.15) is 36.5 Å². The molecule has 0 saturated heterocycles. The van der Waals surface area contributed by atoms with Gasteiger partial charge in [-0.15, -0.1) is 0 Å². The SMILES string of the molecule is CCCCCOc1ccc(C(=O)Nc2cc3c(cc2Cl)OCCO3)cc1. The molecule has 1 aliphatic heterocycles. The summed E-state index contributed by atoms with van der Waals surface area (Å²) in [6, 6.07) is 10.4. The van der Waals surface area contributed by atoms with Crippen LogP contribution >= 0.6 is 11.6 Å². The molecule has 5 nitrogen and oxygen atoms in total. The van der Waals surface area contributed by atoms with Crippen molar-refractivity contribution in [3.8, 4) is 17.2 Å². The third-order valence-electron chi connectivity index (χ3n) is 4.01. The number of nitrogens with one attached hydrogen (secondary N) is 1. The Kier molecular flexibility index (Phi) is 6.23. The van der Waals surface area contributed by atoms with Crippen molar-refractivity contribution in [2.45, 2.75) is 26.2 Å². The summed E-state index contributed by atoms with van der Waals surface area (Å²) in [7, 11) is 0. The van der Waals surface area contributed by atoms with E-state index in [1.165, 1.54) is 0 Å². The molecule has 0 bridgehead atoms. The molecule has 1 heterocycles. The molecule has 0 unspecified atom stereocenters. The van der Waals surface area contributed by atoms with E-state index in [0.29, 0.717) is 47.6 Å². The second kappa shape index (κ2) is 8.81. The van der Waals surface area contributed by atoms with Gasteiger partial charge in [0.2, 0.25) is 0 Å². The molecule has 0 spiro atoms. The van der Waals surface area contributed by atoms with Gasteiger partial charge >= 0.3 is 0 Å². The van der Waals surface area contributed by atoms with E-state index in [9.17, 15) is 4.79 Å². The van der Waals surface area contributed by atoms with E-state index in [0.717, 1.165) is 25.0 Å². The predicted octanol–water partition coefficient (Wildman–Crippen LogP) is 4.93. The Morgan fingerprint density at radius 1 is 1.12 bits per heavy atom. The number of benzene rings is 2. The molecule has 0 aliphatic carbocycles. The lowest BCUT2D eigenvalue weighted by Gasteiger charge is -2.20. The summed E-state index contributed by atoms with van der Waals surface area (Å²) < 4.78 is 16.7. The van der Waals surface area contributed by atoms with Crippen LogP contribution in [-0.4, -0.2) is 25.7 Å². The largest absolute Gasteiger partial charge is 0.494 e. The summed E-state index contributed by atoms with van der Waals surface area (Å²) in [6.07, 6.45) is 3.34. The number of fused-ring (bicyclic) bond motifs is 1. The molecular formula is C20H22ClNO4. The number of carbonyl (C=O) groups is 1. The highest BCUT2D eigenvalue weighted by atomic mass is 35.5. The van der Waals surface area contributed by atoms with Gasteiger partial charge in [-0.25, -0.2) is 0 Å². The molecule has 1 N–H and O–H groups in total. The fraction of sp³-hybridized carbons (Fsp3) is 0.350. The summed E-state index contributed by atoms with van der Waals surface area (Å²) in [5.41, 5.74) is 1.01. The van der Waals surface area contributed by atoms with E-state index < -0.39 is 0 Å². The first-order valence-corrected chi connectivity index (χ1v) is 9.18. The summed E-state index contributed by atoms with van der Waals surface area (Å²) in [6.45, 7) is 3.80. The zero-order chi connectivity index (χ0) is 18.4. The number of anilines is 1. The summed E-state index contributed by atoms with van der Waals surface area (Å²) >= 11 is 6.23. The molecular weight excluding hydrogens is 354 g/mol. The molecule has 6 heteroatoms. The van der Waals surface area contributed by atoms with Crippen LogP contribution in [0.3, 0.4) is 0 Å². The number of halogens is 1. The molecule has 3 rings (SSSR count). The third-order valence-corrected chi connectivity index (χ3v) is 4.33. The zero-order valence-electron chi connectivity index (χ0n) is 14.7. The summed E-state index contributed by atoms with van der Waals surface area (Å²) in [5, 5.41) is 3.21. The number of ether oxygens (including phenoxy) is 3. The van der Waals surface area contributed by atoms with Crippen LogP contribution in [-0.2, 0) is 0 Å². The van der Waals surface area contributed by atoms with Gasteiger partial charge in [-0.2, -0.15) is 0 Å². The van der Waals surface area contributed by atoms with Gasteiger partial charge < -0.3 is 19.5 Å². The van der Waals surface area contributed by atoms with Crippen LogP contribution in [0.15, 0.2) is 36.4 Å². The van der Waals surface area contributed by atoms with Gasteiger partial charge in [-0.05, 0) is 30.7 Å². The summed E-state index contributed by atoms with van der Waals surface area (Å²) in [5.74, 6) is 1.67. The second-order valence-electron chi connectivity index (χ2n) is 6.01. The van der Waals surface area contributed by atoms with Crippen molar-refractivity contribution < 1.29 is 19.0 Å². The van der Waals surface area contributed by atoms with Crippen molar-refractivity contribution in [3.05, 3.63) is 47.0 Å². The fourth-order valence-electron chi connectivity index (χ4n) is 2.60. The van der Waals surface area contributed by atoms with Gasteiger partial charge in [-0.1, -0.05) is 31.4 Å². The number of amides is 1. The second-order valence-corrected chi connectivity index (χ2v) is 6.42. The van der Waals surface area contributed by atoms with E-state index >= 15 is 0 Å². The minimum Gasteiger partial charge on any atom is -0.494 e. The summed E-state index contributed by atoms with van der Waals surface area (Å²) in [4.78, 5) is 12.5. The molecule has 0 radical (unpaired) electrons. The molecule has 0 fully saturated rings. The standard InChI is InChI=1S/C20H22ClNO4/c1-2-3-4-9-24-15-7-5-14(6-8-15)20(23)22-17-13-19-18(12-16(17)21)25-10-11-26-19/h5-8,12-13H,2-4,9-11H2,1H3,(H,22,23). The van der Waals surface area contributed by atoms with Crippen molar-refractivity contribution >= 4 is 23.2 Å². The zero-order valence-corrected chi connectivity index (χ0v) is 15.5. The topological polar surface area (TPSA) is 56.8 Å². The van der Waals surface area contributed by atoms with Gasteiger partial charge in [0.15, 0.2) is 11.5 Å². The van der Waals surface area contributed by atoms with E-state index in [2.05, 4.69) is 12.2 Å². The van der Waals surface area contributed by atoms with Gasteiger partial charge in [0.25, 0.3) is 5.91 Å². The van der Waals surface area contributed by atoms with Crippen LogP contribution in [0.4, 0.5) is 5.69 Å². The van der Waals surface area contributed by atoms with E-state index in [1.807, 2.05) is 0 Å².